The van der Waals surface area contributed by atoms with Gasteiger partial charge in [0, 0.05) is 10.9 Å². The predicted octanol–water partition coefficient (Wildman–Crippen LogP) is 5.45. The van der Waals surface area contributed by atoms with Crippen LogP contribution in [0.2, 0.25) is 0 Å². The number of carbonyl (C=O) groups is 1. The number of ether oxygens (including phenoxy) is 1. The Kier molecular flexibility index (Phi) is 7.51. The average molecular weight is 414 g/mol. The maximum atomic E-state index is 10.5. The van der Waals surface area contributed by atoms with Crippen LogP contribution in [0.1, 0.15) is 22.6 Å². The van der Waals surface area contributed by atoms with Crippen molar-refractivity contribution in [3.8, 4) is 17.0 Å². The van der Waals surface area contributed by atoms with Gasteiger partial charge in [0.2, 0.25) is 0 Å². The summed E-state index contributed by atoms with van der Waals surface area (Å²) in [5.41, 5.74) is 4.54. The fourth-order valence-electron chi connectivity index (χ4n) is 2.71. The Morgan fingerprint density at radius 1 is 1.21 bits per heavy atom. The lowest BCUT2D eigenvalue weighted by Gasteiger charge is -2.07. The van der Waals surface area contributed by atoms with Crippen molar-refractivity contribution in [1.29, 1.82) is 0 Å². The van der Waals surface area contributed by atoms with Gasteiger partial charge < -0.3 is 9.84 Å². The Balaban J connectivity index is 1.49. The third kappa shape index (κ3) is 6.39. The van der Waals surface area contributed by atoms with Crippen LogP contribution in [0.3, 0.4) is 0 Å². The number of aryl methyl sites for hydroxylation is 2. The van der Waals surface area contributed by atoms with E-state index in [1.54, 1.807) is 11.3 Å². The van der Waals surface area contributed by atoms with Crippen molar-refractivity contribution < 1.29 is 14.6 Å². The summed E-state index contributed by atoms with van der Waals surface area (Å²) in [4.78, 5) is 15.2. The van der Waals surface area contributed by atoms with E-state index >= 15 is 0 Å². The van der Waals surface area contributed by atoms with E-state index in [4.69, 9.17) is 9.84 Å². The minimum absolute atomic E-state index is 0.168. The number of thiazole rings is 1. The van der Waals surface area contributed by atoms with Gasteiger partial charge in [-0.25, -0.2) is 4.98 Å². The molecule has 0 atom stereocenters. The van der Waals surface area contributed by atoms with E-state index in [-0.39, 0.29) is 5.75 Å². The zero-order valence-corrected chi connectivity index (χ0v) is 17.4. The lowest BCUT2D eigenvalue weighted by Crippen LogP contribution is -1.99. The highest BCUT2D eigenvalue weighted by atomic mass is 32.2. The van der Waals surface area contributed by atoms with Gasteiger partial charge in [-0.05, 0) is 43.2 Å². The summed E-state index contributed by atoms with van der Waals surface area (Å²) in [5.74, 6) is 1.09. The smallest absolute Gasteiger partial charge is 0.313 e. The van der Waals surface area contributed by atoms with Crippen LogP contribution in [0.4, 0.5) is 0 Å². The van der Waals surface area contributed by atoms with E-state index in [0.717, 1.165) is 40.6 Å². The first-order valence-corrected chi connectivity index (χ1v) is 11.2. The van der Waals surface area contributed by atoms with Crippen molar-refractivity contribution in [3.63, 3.8) is 0 Å². The molecule has 1 aromatic heterocycles. The van der Waals surface area contributed by atoms with Crippen LogP contribution in [0.15, 0.2) is 53.9 Å². The van der Waals surface area contributed by atoms with Crippen molar-refractivity contribution >= 4 is 29.1 Å². The SMILES string of the molecule is Cc1ccc(-c2csc(COc3cccc(CCCSCC(=O)O)c3)n2)cc1. The van der Waals surface area contributed by atoms with E-state index in [0.29, 0.717) is 6.61 Å². The zero-order chi connectivity index (χ0) is 19.8. The molecule has 0 aliphatic heterocycles. The Morgan fingerprint density at radius 2 is 2.04 bits per heavy atom. The standard InChI is InChI=1S/C22H23NO3S2/c1-16-7-9-18(10-8-16)20-14-28-21(23-20)13-26-19-6-2-4-17(12-19)5-3-11-27-15-22(24)25/h2,4,6-10,12,14H,3,5,11,13,15H2,1H3,(H,24,25). The molecule has 0 saturated carbocycles. The molecule has 0 spiro atoms. The Labute approximate surface area is 173 Å². The van der Waals surface area contributed by atoms with Gasteiger partial charge in [0.15, 0.2) is 0 Å². The number of aromatic nitrogens is 1. The summed E-state index contributed by atoms with van der Waals surface area (Å²) in [6, 6.07) is 16.4. The normalized spacial score (nSPS) is 10.8. The fraction of sp³-hybridized carbons (Fsp3) is 0.273. The molecule has 0 aliphatic rings. The van der Waals surface area contributed by atoms with E-state index < -0.39 is 5.97 Å². The lowest BCUT2D eigenvalue weighted by atomic mass is 10.1. The van der Waals surface area contributed by atoms with Crippen molar-refractivity contribution in [1.82, 2.24) is 4.98 Å². The number of benzene rings is 2. The maximum Gasteiger partial charge on any atom is 0.313 e. The molecule has 0 bridgehead atoms. The minimum Gasteiger partial charge on any atom is -0.486 e. The number of aliphatic carboxylic acids is 1. The van der Waals surface area contributed by atoms with Gasteiger partial charge in [-0.3, -0.25) is 4.79 Å². The first-order chi connectivity index (χ1) is 13.6. The van der Waals surface area contributed by atoms with Gasteiger partial charge in [0.25, 0.3) is 0 Å². The molecule has 0 amide bonds. The quantitative estimate of drug-likeness (QED) is 0.448. The number of thioether (sulfide) groups is 1. The molecule has 6 heteroatoms. The third-order valence-electron chi connectivity index (χ3n) is 4.14. The highest BCUT2D eigenvalue weighted by molar-refractivity contribution is 7.99. The number of hydrogen-bond donors (Lipinski definition) is 1. The van der Waals surface area contributed by atoms with Crippen LogP contribution in [0.5, 0.6) is 5.75 Å². The summed E-state index contributed by atoms with van der Waals surface area (Å²) in [6.07, 6.45) is 1.87. The van der Waals surface area contributed by atoms with Gasteiger partial charge in [-0.2, -0.15) is 11.8 Å². The molecule has 4 nitrogen and oxygen atoms in total. The maximum absolute atomic E-state index is 10.5. The molecule has 3 aromatic rings. The largest absolute Gasteiger partial charge is 0.486 e. The summed E-state index contributed by atoms with van der Waals surface area (Å²) in [5, 5.41) is 11.7. The lowest BCUT2D eigenvalue weighted by molar-refractivity contribution is -0.133. The van der Waals surface area contributed by atoms with Crippen LogP contribution in [0, 0.1) is 6.92 Å². The molecule has 28 heavy (non-hydrogen) atoms. The Bertz CT molecular complexity index is 906. The second-order valence-corrected chi connectivity index (χ2v) is 8.53. The van der Waals surface area contributed by atoms with Crippen LogP contribution in [-0.2, 0) is 17.8 Å². The third-order valence-corrected chi connectivity index (χ3v) is 5.99. The molecule has 146 valence electrons. The minimum atomic E-state index is -0.756. The molecular formula is C22H23NO3S2. The van der Waals surface area contributed by atoms with E-state index in [9.17, 15) is 4.79 Å². The van der Waals surface area contributed by atoms with E-state index in [2.05, 4.69) is 53.7 Å². The number of nitrogens with zero attached hydrogens (tertiary/aromatic N) is 1. The van der Waals surface area contributed by atoms with Gasteiger partial charge in [-0.1, -0.05) is 42.0 Å². The molecule has 3 rings (SSSR count). The molecular weight excluding hydrogens is 390 g/mol. The summed E-state index contributed by atoms with van der Waals surface area (Å²) in [6.45, 7) is 2.53. The first-order valence-electron chi connectivity index (χ1n) is 9.13. The van der Waals surface area contributed by atoms with Gasteiger partial charge >= 0.3 is 5.97 Å². The second-order valence-electron chi connectivity index (χ2n) is 6.48. The molecule has 1 N–H and O–H groups in total. The monoisotopic (exact) mass is 413 g/mol. The van der Waals surface area contributed by atoms with Crippen molar-refractivity contribution in [2.24, 2.45) is 0 Å². The summed E-state index contributed by atoms with van der Waals surface area (Å²) in [7, 11) is 0. The number of hydrogen-bond acceptors (Lipinski definition) is 5. The molecule has 0 fully saturated rings. The number of rotatable bonds is 10. The topological polar surface area (TPSA) is 59.4 Å². The van der Waals surface area contributed by atoms with Crippen molar-refractivity contribution in [3.05, 3.63) is 70.0 Å². The molecule has 0 unspecified atom stereocenters. The van der Waals surface area contributed by atoms with Gasteiger partial charge in [-0.15, -0.1) is 11.3 Å². The number of carboxylic acid groups (broad SMARTS) is 1. The average Bonchev–Trinajstić information content (AvgIpc) is 3.16. The molecule has 0 radical (unpaired) electrons. The van der Waals surface area contributed by atoms with E-state index in [1.165, 1.54) is 22.9 Å². The van der Waals surface area contributed by atoms with Crippen LogP contribution in [0.25, 0.3) is 11.3 Å². The fourth-order valence-corrected chi connectivity index (χ4v) is 4.09. The molecule has 0 saturated heterocycles. The van der Waals surface area contributed by atoms with Gasteiger partial charge in [0.05, 0.1) is 11.4 Å². The Hall–Kier alpha value is -2.31. The Morgan fingerprint density at radius 3 is 2.82 bits per heavy atom. The summed E-state index contributed by atoms with van der Waals surface area (Å²) >= 11 is 3.06. The molecule has 0 aliphatic carbocycles. The predicted molar refractivity (Wildman–Crippen MR) is 116 cm³/mol. The highest BCUT2D eigenvalue weighted by Gasteiger charge is 2.06. The molecule has 1 heterocycles. The van der Waals surface area contributed by atoms with Crippen LogP contribution < -0.4 is 4.74 Å². The van der Waals surface area contributed by atoms with Crippen LogP contribution >= 0.6 is 23.1 Å². The van der Waals surface area contributed by atoms with E-state index in [1.807, 2.05) is 12.1 Å². The van der Waals surface area contributed by atoms with Crippen LogP contribution in [-0.4, -0.2) is 27.6 Å². The number of carboxylic acids is 1. The zero-order valence-electron chi connectivity index (χ0n) is 15.8. The second kappa shape index (κ2) is 10.3. The summed E-state index contributed by atoms with van der Waals surface area (Å²) < 4.78 is 5.92. The molecule has 2 aromatic carbocycles. The van der Waals surface area contributed by atoms with Gasteiger partial charge in [0.1, 0.15) is 17.4 Å². The highest BCUT2D eigenvalue weighted by Crippen LogP contribution is 2.24. The first kappa shape index (κ1) is 20.4. The van der Waals surface area contributed by atoms with Crippen molar-refractivity contribution in [2.45, 2.75) is 26.4 Å². The van der Waals surface area contributed by atoms with Crippen molar-refractivity contribution in [2.75, 3.05) is 11.5 Å².